The van der Waals surface area contributed by atoms with E-state index in [1.54, 1.807) is 13.3 Å². The van der Waals surface area contributed by atoms with Gasteiger partial charge in [0.2, 0.25) is 0 Å². The second kappa shape index (κ2) is 7.32. The van der Waals surface area contributed by atoms with Crippen molar-refractivity contribution in [2.45, 2.75) is 5.92 Å². The molecule has 0 fully saturated rings. The molecule has 1 atom stereocenters. The second-order valence-corrected chi connectivity index (χ2v) is 6.89. The summed E-state index contributed by atoms with van der Waals surface area (Å²) in [5.74, 6) is 2.41. The Labute approximate surface area is 168 Å². The number of hydrogen-bond acceptors (Lipinski definition) is 3. The van der Waals surface area contributed by atoms with Gasteiger partial charge in [0.25, 0.3) is 0 Å². The first kappa shape index (κ1) is 17.3. The van der Waals surface area contributed by atoms with Gasteiger partial charge < -0.3 is 14.1 Å². The quantitative estimate of drug-likeness (QED) is 0.406. The summed E-state index contributed by atoms with van der Waals surface area (Å²) in [4.78, 5) is 7.74. The maximum Gasteiger partial charge on any atom is 0.138 e. The van der Waals surface area contributed by atoms with Crippen molar-refractivity contribution in [1.82, 2.24) is 9.97 Å². The number of H-pyrrole nitrogens is 1. The van der Waals surface area contributed by atoms with E-state index in [0.717, 1.165) is 45.0 Å². The highest BCUT2D eigenvalue weighted by Gasteiger charge is 2.24. The maximum atomic E-state index is 6.39. The van der Waals surface area contributed by atoms with Gasteiger partial charge in [0, 0.05) is 17.8 Å². The number of benzene rings is 2. The van der Waals surface area contributed by atoms with Crippen LogP contribution in [-0.2, 0) is 0 Å². The lowest BCUT2D eigenvalue weighted by atomic mass is 9.89. The van der Waals surface area contributed by atoms with Gasteiger partial charge in [0.1, 0.15) is 22.9 Å². The molecule has 29 heavy (non-hydrogen) atoms. The zero-order chi connectivity index (χ0) is 19.6. The van der Waals surface area contributed by atoms with Crippen LogP contribution in [0.1, 0.15) is 22.8 Å². The molecule has 0 saturated heterocycles. The predicted molar refractivity (Wildman–Crippen MR) is 114 cm³/mol. The molecule has 4 heteroatoms. The molecule has 5 rings (SSSR count). The molecule has 0 aliphatic rings. The van der Waals surface area contributed by atoms with E-state index in [-0.39, 0.29) is 5.92 Å². The Morgan fingerprint density at radius 3 is 2.59 bits per heavy atom. The Balaban J connectivity index is 1.66. The summed E-state index contributed by atoms with van der Waals surface area (Å²) in [6, 6.07) is 26.4. The van der Waals surface area contributed by atoms with E-state index in [1.807, 2.05) is 48.7 Å². The van der Waals surface area contributed by atoms with E-state index >= 15 is 0 Å². The lowest BCUT2D eigenvalue weighted by Gasteiger charge is -2.15. The van der Waals surface area contributed by atoms with Gasteiger partial charge in [-0.25, -0.2) is 4.98 Å². The van der Waals surface area contributed by atoms with Crippen molar-refractivity contribution in [3.63, 3.8) is 0 Å². The van der Waals surface area contributed by atoms with Gasteiger partial charge in [-0.3, -0.25) is 0 Å². The molecule has 4 nitrogen and oxygen atoms in total. The third kappa shape index (κ3) is 3.09. The van der Waals surface area contributed by atoms with Crippen molar-refractivity contribution in [3.8, 4) is 17.1 Å². The maximum absolute atomic E-state index is 6.39. The Morgan fingerprint density at radius 2 is 1.72 bits per heavy atom. The average molecular weight is 380 g/mol. The molecule has 2 aromatic carbocycles. The molecule has 3 heterocycles. The van der Waals surface area contributed by atoms with Crippen LogP contribution < -0.4 is 4.74 Å². The van der Waals surface area contributed by atoms with Gasteiger partial charge in [-0.1, -0.05) is 42.5 Å². The fourth-order valence-electron chi connectivity index (χ4n) is 3.86. The normalized spacial score (nSPS) is 12.2. The zero-order valence-corrected chi connectivity index (χ0v) is 16.0. The Morgan fingerprint density at radius 1 is 0.897 bits per heavy atom. The number of pyridine rings is 1. The van der Waals surface area contributed by atoms with Gasteiger partial charge in [-0.05, 0) is 47.5 Å². The molecule has 0 saturated carbocycles. The minimum absolute atomic E-state index is 0.0439. The first-order chi connectivity index (χ1) is 14.3. The summed E-state index contributed by atoms with van der Waals surface area (Å²) < 4.78 is 11.9. The molecule has 0 radical (unpaired) electrons. The second-order valence-electron chi connectivity index (χ2n) is 6.89. The van der Waals surface area contributed by atoms with Crippen molar-refractivity contribution < 1.29 is 9.15 Å². The third-order valence-electron chi connectivity index (χ3n) is 5.21. The SMILES string of the molecule is COc1ccccc1-c1ccc(C(c2ccccc2)c2c[nH]c3ncccc23)o1. The van der Waals surface area contributed by atoms with Gasteiger partial charge in [-0.15, -0.1) is 0 Å². The number of ether oxygens (including phenoxy) is 1. The third-order valence-corrected chi connectivity index (χ3v) is 5.21. The minimum atomic E-state index is -0.0439. The van der Waals surface area contributed by atoms with Crippen LogP contribution in [0, 0.1) is 0 Å². The van der Waals surface area contributed by atoms with Gasteiger partial charge >= 0.3 is 0 Å². The van der Waals surface area contributed by atoms with Crippen molar-refractivity contribution in [1.29, 1.82) is 0 Å². The van der Waals surface area contributed by atoms with Crippen LogP contribution >= 0.6 is 0 Å². The monoisotopic (exact) mass is 380 g/mol. The smallest absolute Gasteiger partial charge is 0.138 e. The molecule has 142 valence electrons. The Hall–Kier alpha value is -3.79. The summed E-state index contributed by atoms with van der Waals surface area (Å²) in [7, 11) is 1.67. The highest BCUT2D eigenvalue weighted by Crippen LogP contribution is 2.39. The van der Waals surface area contributed by atoms with E-state index < -0.39 is 0 Å². The largest absolute Gasteiger partial charge is 0.496 e. The summed E-state index contributed by atoms with van der Waals surface area (Å²) in [6.45, 7) is 0. The molecular formula is C25H20N2O2. The van der Waals surface area contributed by atoms with Crippen LogP contribution in [0.4, 0.5) is 0 Å². The van der Waals surface area contributed by atoms with E-state index in [0.29, 0.717) is 0 Å². The number of methoxy groups -OCH3 is 1. The van der Waals surface area contributed by atoms with Crippen LogP contribution in [-0.4, -0.2) is 17.1 Å². The standard InChI is InChI=1S/C25H20N2O2/c1-28-21-12-6-5-10-19(21)22-13-14-23(29-22)24(17-8-3-2-4-9-17)20-16-27-25-18(20)11-7-15-26-25/h2-16,24H,1H3,(H,26,27). The number of aromatic nitrogens is 2. The van der Waals surface area contributed by atoms with Crippen LogP contribution in [0.3, 0.4) is 0 Å². The number of nitrogens with one attached hydrogen (secondary N) is 1. The van der Waals surface area contributed by atoms with E-state index in [1.165, 1.54) is 0 Å². The van der Waals surface area contributed by atoms with E-state index in [4.69, 9.17) is 9.15 Å². The minimum Gasteiger partial charge on any atom is -0.496 e. The topological polar surface area (TPSA) is 51.0 Å². The first-order valence-corrected chi connectivity index (χ1v) is 9.55. The molecule has 1 N–H and O–H groups in total. The van der Waals surface area contributed by atoms with E-state index in [2.05, 4.69) is 46.4 Å². The summed E-state index contributed by atoms with van der Waals surface area (Å²) in [5.41, 5.74) is 4.12. The van der Waals surface area contributed by atoms with Crippen LogP contribution in [0.5, 0.6) is 5.75 Å². The van der Waals surface area contributed by atoms with Crippen molar-refractivity contribution in [2.24, 2.45) is 0 Å². The zero-order valence-electron chi connectivity index (χ0n) is 16.0. The summed E-state index contributed by atoms with van der Waals surface area (Å²) >= 11 is 0. The van der Waals surface area contributed by atoms with Crippen LogP contribution in [0.15, 0.2) is 95.7 Å². The number of furan rings is 1. The van der Waals surface area contributed by atoms with Gasteiger partial charge in [0.15, 0.2) is 0 Å². The number of para-hydroxylation sites is 1. The number of hydrogen-bond donors (Lipinski definition) is 1. The molecule has 0 spiro atoms. The van der Waals surface area contributed by atoms with Crippen molar-refractivity contribution in [2.75, 3.05) is 7.11 Å². The number of fused-ring (bicyclic) bond motifs is 1. The molecular weight excluding hydrogens is 360 g/mol. The predicted octanol–water partition coefficient (Wildman–Crippen LogP) is 6.01. The van der Waals surface area contributed by atoms with Crippen LogP contribution in [0.2, 0.25) is 0 Å². The molecule has 0 bridgehead atoms. The van der Waals surface area contributed by atoms with Gasteiger partial charge in [-0.2, -0.15) is 0 Å². The lowest BCUT2D eigenvalue weighted by molar-refractivity contribution is 0.414. The average Bonchev–Trinajstić information content (AvgIpc) is 3.43. The Kier molecular flexibility index (Phi) is 4.37. The van der Waals surface area contributed by atoms with Crippen molar-refractivity contribution >= 4 is 11.0 Å². The molecule has 5 aromatic rings. The number of aromatic amines is 1. The molecule has 0 aliphatic heterocycles. The fourth-order valence-corrected chi connectivity index (χ4v) is 3.86. The van der Waals surface area contributed by atoms with Crippen molar-refractivity contribution in [3.05, 3.63) is 108 Å². The molecule has 3 aromatic heterocycles. The molecule has 1 unspecified atom stereocenters. The Bertz CT molecular complexity index is 1250. The summed E-state index contributed by atoms with van der Waals surface area (Å²) in [6.07, 6.45) is 3.83. The fraction of sp³-hybridized carbons (Fsp3) is 0.0800. The van der Waals surface area contributed by atoms with E-state index in [9.17, 15) is 0 Å². The summed E-state index contributed by atoms with van der Waals surface area (Å²) in [5, 5.41) is 1.09. The molecule has 0 amide bonds. The lowest BCUT2D eigenvalue weighted by Crippen LogP contribution is -2.01. The molecule has 0 aliphatic carbocycles. The highest BCUT2D eigenvalue weighted by molar-refractivity contribution is 5.81. The first-order valence-electron chi connectivity index (χ1n) is 9.55. The van der Waals surface area contributed by atoms with Gasteiger partial charge in [0.05, 0.1) is 18.6 Å². The van der Waals surface area contributed by atoms with Crippen LogP contribution in [0.25, 0.3) is 22.4 Å². The highest BCUT2D eigenvalue weighted by atomic mass is 16.5. The number of nitrogens with zero attached hydrogens (tertiary/aromatic N) is 1. The number of rotatable bonds is 5.